The van der Waals surface area contributed by atoms with Crippen molar-refractivity contribution in [1.29, 1.82) is 0 Å². The molecule has 0 bridgehead atoms. The van der Waals surface area contributed by atoms with E-state index in [4.69, 9.17) is 10.5 Å². The number of carbonyl (C=O) groups is 1. The summed E-state index contributed by atoms with van der Waals surface area (Å²) in [6.45, 7) is 7.37. The van der Waals surface area contributed by atoms with Crippen molar-refractivity contribution in [1.82, 2.24) is 15.5 Å². The Kier molecular flexibility index (Phi) is 3.00. The quantitative estimate of drug-likeness (QED) is 0.848. The van der Waals surface area contributed by atoms with Gasteiger partial charge in [-0.2, -0.15) is 0 Å². The van der Waals surface area contributed by atoms with Crippen LogP contribution in [-0.4, -0.2) is 41.0 Å². The molecular weight excluding hydrogens is 278 g/mol. The van der Waals surface area contributed by atoms with E-state index < -0.39 is 5.60 Å². The van der Waals surface area contributed by atoms with Crippen LogP contribution in [0.1, 0.15) is 20.8 Å². The Bertz CT molecular complexity index is 514. The molecule has 3 rings (SSSR count). The second-order valence-corrected chi connectivity index (χ2v) is 7.32. The average Bonchev–Trinajstić information content (AvgIpc) is 2.72. The number of nitrogens with one attached hydrogen (secondary N) is 1. The molecule has 1 amide bonds. The van der Waals surface area contributed by atoms with E-state index in [1.807, 2.05) is 20.8 Å². The van der Waals surface area contributed by atoms with Crippen molar-refractivity contribution in [2.75, 3.05) is 23.7 Å². The molecular formula is C12H19N5O2S. The topological polar surface area (TPSA) is 93.4 Å². The molecule has 0 aromatic carbocycles. The van der Waals surface area contributed by atoms with E-state index in [0.29, 0.717) is 17.0 Å². The highest BCUT2D eigenvalue weighted by Crippen LogP contribution is 2.47. The predicted octanol–water partition coefficient (Wildman–Crippen LogP) is 1.08. The monoisotopic (exact) mass is 297 g/mol. The molecule has 1 aromatic rings. The van der Waals surface area contributed by atoms with Crippen LogP contribution < -0.4 is 16.0 Å². The first-order valence-corrected chi connectivity index (χ1v) is 7.48. The Morgan fingerprint density at radius 2 is 2.05 bits per heavy atom. The molecule has 7 nitrogen and oxygen atoms in total. The summed E-state index contributed by atoms with van der Waals surface area (Å²) in [6, 6.07) is 0.228. The Hall–Kier alpha value is -1.57. The maximum absolute atomic E-state index is 11.7. The second kappa shape index (κ2) is 4.47. The van der Waals surface area contributed by atoms with E-state index in [1.165, 1.54) is 11.3 Å². The zero-order valence-electron chi connectivity index (χ0n) is 11.8. The number of ether oxygens (including phenoxy) is 1. The van der Waals surface area contributed by atoms with Gasteiger partial charge in [0.2, 0.25) is 10.3 Å². The number of rotatable bonds is 2. The number of aromatic nitrogens is 2. The molecule has 0 spiro atoms. The van der Waals surface area contributed by atoms with Gasteiger partial charge >= 0.3 is 6.09 Å². The third kappa shape index (κ3) is 2.65. The van der Waals surface area contributed by atoms with Crippen molar-refractivity contribution in [3.8, 4) is 0 Å². The minimum absolute atomic E-state index is 0.228. The number of carbonyl (C=O) groups excluding carboxylic acids is 1. The number of hydrogen-bond acceptors (Lipinski definition) is 7. The van der Waals surface area contributed by atoms with Gasteiger partial charge in [0.15, 0.2) is 0 Å². The van der Waals surface area contributed by atoms with E-state index in [-0.39, 0.29) is 12.1 Å². The van der Waals surface area contributed by atoms with Crippen LogP contribution >= 0.6 is 11.3 Å². The fraction of sp³-hybridized carbons (Fsp3) is 0.750. The third-order valence-corrected chi connectivity index (χ3v) is 4.39. The lowest BCUT2D eigenvalue weighted by atomic mass is 10.2. The summed E-state index contributed by atoms with van der Waals surface area (Å²) in [5.74, 6) is 0.959. The van der Waals surface area contributed by atoms with Gasteiger partial charge < -0.3 is 20.7 Å². The smallest absolute Gasteiger partial charge is 0.407 e. The summed E-state index contributed by atoms with van der Waals surface area (Å²) >= 11 is 1.40. The van der Waals surface area contributed by atoms with Gasteiger partial charge in [-0.1, -0.05) is 11.3 Å². The van der Waals surface area contributed by atoms with E-state index >= 15 is 0 Å². The standard InChI is InChI=1S/C12H19N5O2S/c1-12(2,3)19-11(18)14-8-6-4-17(5-7(6)8)10-16-15-9(13)20-10/h6-8H,4-5H2,1-3H3,(H2,13,15)(H,14,18)/t6-,7+,8?. The molecule has 1 unspecified atom stereocenters. The van der Waals surface area contributed by atoms with Crippen molar-refractivity contribution in [3.05, 3.63) is 0 Å². The Labute approximate surface area is 121 Å². The predicted molar refractivity (Wildman–Crippen MR) is 76.7 cm³/mol. The number of fused-ring (bicyclic) bond motifs is 1. The molecule has 3 atom stereocenters. The molecule has 8 heteroatoms. The SMILES string of the molecule is CC(C)(C)OC(=O)NC1[C@H]2CN(c3nnc(N)s3)C[C@@H]12. The number of anilines is 2. The van der Waals surface area contributed by atoms with Crippen molar-refractivity contribution >= 4 is 27.7 Å². The largest absolute Gasteiger partial charge is 0.444 e. The fourth-order valence-electron chi connectivity index (χ4n) is 2.69. The maximum atomic E-state index is 11.7. The molecule has 110 valence electrons. The highest BCUT2D eigenvalue weighted by Gasteiger charge is 2.57. The zero-order valence-corrected chi connectivity index (χ0v) is 12.6. The lowest BCUT2D eigenvalue weighted by Crippen LogP contribution is -2.38. The average molecular weight is 297 g/mol. The number of amides is 1. The van der Waals surface area contributed by atoms with E-state index in [1.54, 1.807) is 0 Å². The summed E-state index contributed by atoms with van der Waals surface area (Å²) in [5, 5.41) is 12.2. The van der Waals surface area contributed by atoms with Crippen LogP contribution in [0.5, 0.6) is 0 Å². The summed E-state index contributed by atoms with van der Waals surface area (Å²) in [6.07, 6.45) is -0.330. The molecule has 2 fully saturated rings. The van der Waals surface area contributed by atoms with Crippen LogP contribution in [-0.2, 0) is 4.74 Å². The Morgan fingerprint density at radius 3 is 2.55 bits per heavy atom. The van der Waals surface area contributed by atoms with Crippen LogP contribution in [0.4, 0.5) is 15.1 Å². The number of nitrogen functional groups attached to an aromatic ring is 1. The minimum Gasteiger partial charge on any atom is -0.444 e. The molecule has 1 aliphatic heterocycles. The van der Waals surface area contributed by atoms with Gasteiger partial charge in [0.25, 0.3) is 0 Å². The van der Waals surface area contributed by atoms with Gasteiger partial charge in [0, 0.05) is 31.0 Å². The van der Waals surface area contributed by atoms with Crippen LogP contribution in [0.3, 0.4) is 0 Å². The summed E-state index contributed by atoms with van der Waals surface area (Å²) in [7, 11) is 0. The molecule has 0 radical (unpaired) electrons. The number of alkyl carbamates (subject to hydrolysis) is 1. The van der Waals surface area contributed by atoms with Gasteiger partial charge in [-0.25, -0.2) is 4.79 Å². The van der Waals surface area contributed by atoms with Crippen molar-refractivity contribution < 1.29 is 9.53 Å². The first kappa shape index (κ1) is 13.4. The highest BCUT2D eigenvalue weighted by atomic mass is 32.1. The van der Waals surface area contributed by atoms with Gasteiger partial charge in [0.1, 0.15) is 5.60 Å². The van der Waals surface area contributed by atoms with Gasteiger partial charge in [-0.15, -0.1) is 10.2 Å². The minimum atomic E-state index is -0.454. The van der Waals surface area contributed by atoms with Gasteiger partial charge in [-0.3, -0.25) is 0 Å². The van der Waals surface area contributed by atoms with Crippen molar-refractivity contribution in [2.45, 2.75) is 32.4 Å². The van der Waals surface area contributed by atoms with E-state index in [9.17, 15) is 4.79 Å². The first-order valence-electron chi connectivity index (χ1n) is 6.67. The summed E-state index contributed by atoms with van der Waals surface area (Å²) in [5.41, 5.74) is 5.13. The third-order valence-electron chi connectivity index (χ3n) is 3.58. The zero-order chi connectivity index (χ0) is 14.5. The summed E-state index contributed by atoms with van der Waals surface area (Å²) < 4.78 is 5.27. The fourth-order valence-corrected chi connectivity index (χ4v) is 3.32. The molecule has 20 heavy (non-hydrogen) atoms. The summed E-state index contributed by atoms with van der Waals surface area (Å²) in [4.78, 5) is 13.9. The molecule has 1 aromatic heterocycles. The van der Waals surface area contributed by atoms with Gasteiger partial charge in [-0.05, 0) is 20.8 Å². The normalized spacial score (nSPS) is 28.1. The molecule has 1 saturated heterocycles. The molecule has 1 saturated carbocycles. The van der Waals surface area contributed by atoms with Gasteiger partial charge in [0.05, 0.1) is 0 Å². The lowest BCUT2D eigenvalue weighted by Gasteiger charge is -2.21. The molecule has 3 N–H and O–H groups in total. The van der Waals surface area contributed by atoms with Crippen LogP contribution in [0.25, 0.3) is 0 Å². The van der Waals surface area contributed by atoms with Crippen LogP contribution in [0.2, 0.25) is 0 Å². The number of piperidine rings is 1. The lowest BCUT2D eigenvalue weighted by molar-refractivity contribution is 0.0518. The van der Waals surface area contributed by atoms with Crippen molar-refractivity contribution in [3.63, 3.8) is 0 Å². The van der Waals surface area contributed by atoms with Crippen molar-refractivity contribution in [2.24, 2.45) is 11.8 Å². The second-order valence-electron chi connectivity index (χ2n) is 6.33. The molecule has 2 aliphatic rings. The number of nitrogens with two attached hydrogens (primary N) is 1. The molecule has 1 aliphatic carbocycles. The Balaban J connectivity index is 1.49. The van der Waals surface area contributed by atoms with E-state index in [2.05, 4.69) is 20.4 Å². The van der Waals surface area contributed by atoms with Crippen LogP contribution in [0.15, 0.2) is 0 Å². The van der Waals surface area contributed by atoms with E-state index in [0.717, 1.165) is 18.2 Å². The number of nitrogens with zero attached hydrogens (tertiary/aromatic N) is 3. The van der Waals surface area contributed by atoms with Crippen LogP contribution in [0, 0.1) is 11.8 Å². The highest BCUT2D eigenvalue weighted by molar-refractivity contribution is 7.18. The maximum Gasteiger partial charge on any atom is 0.407 e. The first-order chi connectivity index (χ1) is 9.33. The number of hydrogen-bond donors (Lipinski definition) is 2. The molecule has 2 heterocycles. The Morgan fingerprint density at radius 1 is 1.40 bits per heavy atom.